The second kappa shape index (κ2) is 6.78. The van der Waals surface area contributed by atoms with Gasteiger partial charge in [0.2, 0.25) is 5.82 Å². The number of carbonyl (C=O) groups excluding carboxylic acids is 1. The summed E-state index contributed by atoms with van der Waals surface area (Å²) in [6.45, 7) is 0. The fourth-order valence-electron chi connectivity index (χ4n) is 2.11. The Morgan fingerprint density at radius 3 is 2.08 bits per heavy atom. The molecular weight excluding hydrogens is 306 g/mol. The van der Waals surface area contributed by atoms with Crippen molar-refractivity contribution in [1.29, 1.82) is 0 Å². The Labute approximate surface area is 138 Å². The van der Waals surface area contributed by atoms with E-state index in [1.807, 2.05) is 48.5 Å². The molecule has 0 aliphatic carbocycles. The summed E-state index contributed by atoms with van der Waals surface area (Å²) in [7, 11) is 1.62. The van der Waals surface area contributed by atoms with Gasteiger partial charge in [-0.3, -0.25) is 4.79 Å². The Hall–Kier alpha value is -3.41. The highest BCUT2D eigenvalue weighted by Gasteiger charge is 2.07. The fraction of sp³-hybridized carbons (Fsp3) is 0.0556. The van der Waals surface area contributed by atoms with Crippen molar-refractivity contribution in [3.05, 3.63) is 66.6 Å². The lowest BCUT2D eigenvalue weighted by molar-refractivity contribution is 0.0990. The summed E-state index contributed by atoms with van der Waals surface area (Å²) >= 11 is 0. The van der Waals surface area contributed by atoms with Crippen LogP contribution in [0.5, 0.6) is 17.2 Å². The molecule has 3 rings (SSSR count). The number of aromatic nitrogens is 2. The van der Waals surface area contributed by atoms with Crippen LogP contribution in [0.4, 0.5) is 0 Å². The summed E-state index contributed by atoms with van der Waals surface area (Å²) < 4.78 is 10.9. The number of nitrogens with zero attached hydrogens (tertiary/aromatic N) is 2. The minimum absolute atomic E-state index is 0.00828. The summed E-state index contributed by atoms with van der Waals surface area (Å²) in [6.07, 6.45) is 1.50. The van der Waals surface area contributed by atoms with Crippen molar-refractivity contribution in [2.45, 2.75) is 0 Å². The van der Waals surface area contributed by atoms with Gasteiger partial charge in [0, 0.05) is 11.8 Å². The van der Waals surface area contributed by atoms with Crippen LogP contribution in [0.2, 0.25) is 0 Å². The van der Waals surface area contributed by atoms with Crippen LogP contribution in [0.15, 0.2) is 60.8 Å². The number of nitrogens with two attached hydrogens (primary N) is 1. The first-order valence-electron chi connectivity index (χ1n) is 7.21. The summed E-state index contributed by atoms with van der Waals surface area (Å²) in [5, 5.41) is 0. The number of amides is 1. The third-order valence-electron chi connectivity index (χ3n) is 3.32. The van der Waals surface area contributed by atoms with E-state index in [0.29, 0.717) is 17.2 Å². The number of methoxy groups -OCH3 is 1. The molecule has 6 heteroatoms. The van der Waals surface area contributed by atoms with E-state index >= 15 is 0 Å². The van der Waals surface area contributed by atoms with E-state index in [-0.39, 0.29) is 5.82 Å². The van der Waals surface area contributed by atoms with Crippen LogP contribution in [0.25, 0.3) is 11.3 Å². The van der Waals surface area contributed by atoms with Crippen molar-refractivity contribution in [2.75, 3.05) is 7.11 Å². The van der Waals surface area contributed by atoms with E-state index in [0.717, 1.165) is 11.3 Å². The zero-order valence-corrected chi connectivity index (χ0v) is 13.0. The molecule has 2 aromatic carbocycles. The van der Waals surface area contributed by atoms with E-state index < -0.39 is 5.91 Å². The SMILES string of the molecule is COc1ccc(Oc2ccc(-c3ccnc(C(N)=O)n3)cc2)cc1. The molecule has 6 nitrogen and oxygen atoms in total. The minimum atomic E-state index is -0.656. The maximum Gasteiger partial charge on any atom is 0.286 e. The molecule has 1 heterocycles. The van der Waals surface area contributed by atoms with Gasteiger partial charge >= 0.3 is 0 Å². The predicted octanol–water partition coefficient (Wildman–Crippen LogP) is 3.04. The van der Waals surface area contributed by atoms with Gasteiger partial charge < -0.3 is 15.2 Å². The molecule has 0 aliphatic rings. The highest BCUT2D eigenvalue weighted by Crippen LogP contribution is 2.26. The molecule has 0 aliphatic heterocycles. The van der Waals surface area contributed by atoms with Crippen molar-refractivity contribution < 1.29 is 14.3 Å². The molecule has 1 amide bonds. The Morgan fingerprint density at radius 1 is 0.917 bits per heavy atom. The van der Waals surface area contributed by atoms with Crippen molar-refractivity contribution in [1.82, 2.24) is 9.97 Å². The Bertz CT molecular complexity index is 846. The Balaban J connectivity index is 1.77. The first kappa shape index (κ1) is 15.5. The molecular formula is C18H15N3O3. The van der Waals surface area contributed by atoms with Crippen molar-refractivity contribution in [2.24, 2.45) is 5.73 Å². The molecule has 24 heavy (non-hydrogen) atoms. The fourth-order valence-corrected chi connectivity index (χ4v) is 2.11. The number of rotatable bonds is 5. The van der Waals surface area contributed by atoms with Gasteiger partial charge in [-0.1, -0.05) is 0 Å². The maximum absolute atomic E-state index is 11.2. The molecule has 1 aromatic heterocycles. The molecule has 3 aromatic rings. The van der Waals surface area contributed by atoms with Crippen LogP contribution >= 0.6 is 0 Å². The average molecular weight is 321 g/mol. The van der Waals surface area contributed by atoms with Gasteiger partial charge in [0.25, 0.3) is 5.91 Å². The van der Waals surface area contributed by atoms with Crippen molar-refractivity contribution in [3.8, 4) is 28.5 Å². The number of ether oxygens (including phenoxy) is 2. The van der Waals surface area contributed by atoms with Crippen LogP contribution in [-0.2, 0) is 0 Å². The molecule has 120 valence electrons. The second-order valence-corrected chi connectivity index (χ2v) is 4.93. The van der Waals surface area contributed by atoms with Crippen LogP contribution in [-0.4, -0.2) is 23.0 Å². The first-order valence-corrected chi connectivity index (χ1v) is 7.21. The zero-order chi connectivity index (χ0) is 16.9. The predicted molar refractivity (Wildman–Crippen MR) is 89.1 cm³/mol. The molecule has 0 spiro atoms. The lowest BCUT2D eigenvalue weighted by Crippen LogP contribution is -2.15. The molecule has 0 fully saturated rings. The summed E-state index contributed by atoms with van der Waals surface area (Å²) in [5.41, 5.74) is 6.65. The molecule has 0 radical (unpaired) electrons. The van der Waals surface area contributed by atoms with Gasteiger partial charge in [-0.05, 0) is 54.6 Å². The number of benzene rings is 2. The van der Waals surface area contributed by atoms with Crippen LogP contribution < -0.4 is 15.2 Å². The smallest absolute Gasteiger partial charge is 0.286 e. The number of hydrogen-bond acceptors (Lipinski definition) is 5. The first-order chi connectivity index (χ1) is 11.7. The lowest BCUT2D eigenvalue weighted by Gasteiger charge is -2.08. The van der Waals surface area contributed by atoms with Crippen molar-refractivity contribution >= 4 is 5.91 Å². The lowest BCUT2D eigenvalue weighted by atomic mass is 10.1. The molecule has 0 saturated carbocycles. The third-order valence-corrected chi connectivity index (χ3v) is 3.32. The van der Waals surface area contributed by atoms with Gasteiger partial charge in [-0.2, -0.15) is 0 Å². The summed E-state index contributed by atoms with van der Waals surface area (Å²) in [4.78, 5) is 19.1. The van der Waals surface area contributed by atoms with E-state index in [1.54, 1.807) is 13.2 Å². The maximum atomic E-state index is 11.2. The van der Waals surface area contributed by atoms with E-state index in [2.05, 4.69) is 9.97 Å². The van der Waals surface area contributed by atoms with Gasteiger partial charge in [0.1, 0.15) is 17.2 Å². The van der Waals surface area contributed by atoms with Crippen molar-refractivity contribution in [3.63, 3.8) is 0 Å². The summed E-state index contributed by atoms with van der Waals surface area (Å²) in [5.74, 6) is 1.50. The van der Waals surface area contributed by atoms with Crippen LogP contribution in [0.1, 0.15) is 10.6 Å². The second-order valence-electron chi connectivity index (χ2n) is 4.93. The number of hydrogen-bond donors (Lipinski definition) is 1. The quantitative estimate of drug-likeness (QED) is 0.780. The summed E-state index contributed by atoms with van der Waals surface area (Å²) in [6, 6.07) is 16.4. The highest BCUT2D eigenvalue weighted by atomic mass is 16.5. The Kier molecular flexibility index (Phi) is 4.38. The van der Waals surface area contributed by atoms with E-state index in [1.165, 1.54) is 6.20 Å². The minimum Gasteiger partial charge on any atom is -0.497 e. The molecule has 0 saturated heterocycles. The average Bonchev–Trinajstić information content (AvgIpc) is 2.63. The molecule has 0 bridgehead atoms. The Morgan fingerprint density at radius 2 is 1.50 bits per heavy atom. The highest BCUT2D eigenvalue weighted by molar-refractivity contribution is 5.89. The normalized spacial score (nSPS) is 10.2. The van der Waals surface area contributed by atoms with Crippen LogP contribution in [0, 0.1) is 0 Å². The van der Waals surface area contributed by atoms with Gasteiger partial charge in [-0.15, -0.1) is 0 Å². The van der Waals surface area contributed by atoms with Gasteiger partial charge in [-0.25, -0.2) is 9.97 Å². The molecule has 2 N–H and O–H groups in total. The van der Waals surface area contributed by atoms with Crippen LogP contribution in [0.3, 0.4) is 0 Å². The zero-order valence-electron chi connectivity index (χ0n) is 13.0. The number of carbonyl (C=O) groups is 1. The third kappa shape index (κ3) is 3.49. The van der Waals surface area contributed by atoms with Gasteiger partial charge in [0.15, 0.2) is 0 Å². The topological polar surface area (TPSA) is 87.3 Å². The number of primary amides is 1. The standard InChI is InChI=1S/C18H15N3O3/c1-23-13-6-8-15(9-7-13)24-14-4-2-12(3-5-14)16-10-11-20-18(21-16)17(19)22/h2-11H,1H3,(H2,19,22). The largest absolute Gasteiger partial charge is 0.497 e. The molecule has 0 unspecified atom stereocenters. The molecule has 0 atom stereocenters. The van der Waals surface area contributed by atoms with E-state index in [9.17, 15) is 4.79 Å². The van der Waals surface area contributed by atoms with Gasteiger partial charge in [0.05, 0.1) is 12.8 Å². The monoisotopic (exact) mass is 321 g/mol. The van der Waals surface area contributed by atoms with E-state index in [4.69, 9.17) is 15.2 Å².